The molecule has 1 atom stereocenters. The summed E-state index contributed by atoms with van der Waals surface area (Å²) in [4.78, 5) is 24.9. The smallest absolute Gasteiger partial charge is 0.328 e. The van der Waals surface area contributed by atoms with Crippen LogP contribution in [0.5, 0.6) is 0 Å². The van der Waals surface area contributed by atoms with Crippen molar-refractivity contribution in [1.29, 1.82) is 0 Å². The summed E-state index contributed by atoms with van der Waals surface area (Å²) in [5, 5.41) is 13.3. The normalized spacial score (nSPS) is 11.6. The van der Waals surface area contributed by atoms with Crippen LogP contribution in [-0.2, 0) is 16.0 Å². The summed E-state index contributed by atoms with van der Waals surface area (Å²) in [7, 11) is 1.25. The van der Waals surface area contributed by atoms with Gasteiger partial charge in [-0.3, -0.25) is 4.79 Å². The lowest BCUT2D eigenvalue weighted by molar-refractivity contribution is -0.142. The first-order chi connectivity index (χ1) is 13.1. The van der Waals surface area contributed by atoms with Crippen LogP contribution >= 0.6 is 0 Å². The number of aromatic nitrogens is 4. The van der Waals surface area contributed by atoms with E-state index in [0.717, 1.165) is 17.7 Å². The summed E-state index contributed by atoms with van der Waals surface area (Å²) in [6.07, 6.45) is 1.49. The predicted molar refractivity (Wildman–Crippen MR) is 92.5 cm³/mol. The molecule has 0 aliphatic heterocycles. The van der Waals surface area contributed by atoms with E-state index in [9.17, 15) is 14.0 Å². The third-order valence-electron chi connectivity index (χ3n) is 3.87. The maximum atomic E-state index is 13.6. The highest BCUT2D eigenvalue weighted by Gasteiger charge is 2.24. The Morgan fingerprint density at radius 3 is 2.67 bits per heavy atom. The van der Waals surface area contributed by atoms with E-state index >= 15 is 0 Å². The first-order valence-electron chi connectivity index (χ1n) is 8.04. The lowest BCUT2D eigenvalue weighted by Crippen LogP contribution is -2.43. The van der Waals surface area contributed by atoms with Gasteiger partial charge in [-0.2, -0.15) is 4.68 Å². The molecule has 138 valence electrons. The first-order valence-corrected chi connectivity index (χ1v) is 8.04. The maximum Gasteiger partial charge on any atom is 0.328 e. The largest absolute Gasteiger partial charge is 0.467 e. The number of carbonyl (C=O) groups excluding carboxylic acids is 2. The van der Waals surface area contributed by atoms with Gasteiger partial charge >= 0.3 is 5.97 Å². The molecule has 27 heavy (non-hydrogen) atoms. The van der Waals surface area contributed by atoms with Crippen molar-refractivity contribution in [3.63, 3.8) is 0 Å². The minimum Gasteiger partial charge on any atom is -0.467 e. The summed E-state index contributed by atoms with van der Waals surface area (Å²) in [6.45, 7) is 0. The van der Waals surface area contributed by atoms with Gasteiger partial charge in [0.05, 0.1) is 18.4 Å². The van der Waals surface area contributed by atoms with Gasteiger partial charge < -0.3 is 10.1 Å². The van der Waals surface area contributed by atoms with Crippen molar-refractivity contribution in [1.82, 2.24) is 25.5 Å². The number of nitrogens with zero attached hydrogens (tertiary/aromatic N) is 4. The van der Waals surface area contributed by atoms with Crippen molar-refractivity contribution < 1.29 is 18.7 Å². The van der Waals surface area contributed by atoms with E-state index in [2.05, 4.69) is 20.8 Å². The molecule has 2 aromatic carbocycles. The highest BCUT2D eigenvalue weighted by Crippen LogP contribution is 2.16. The zero-order valence-corrected chi connectivity index (χ0v) is 14.4. The monoisotopic (exact) mass is 369 g/mol. The van der Waals surface area contributed by atoms with Crippen LogP contribution < -0.4 is 5.32 Å². The van der Waals surface area contributed by atoms with Crippen molar-refractivity contribution in [2.45, 2.75) is 12.5 Å². The van der Waals surface area contributed by atoms with E-state index in [1.165, 1.54) is 24.2 Å². The summed E-state index contributed by atoms with van der Waals surface area (Å²) in [5.41, 5.74) is 1.12. The van der Waals surface area contributed by atoms with Crippen LogP contribution in [0.4, 0.5) is 4.39 Å². The van der Waals surface area contributed by atoms with Crippen molar-refractivity contribution in [3.8, 4) is 5.69 Å². The van der Waals surface area contributed by atoms with E-state index in [0.29, 0.717) is 0 Å². The molecule has 0 saturated carbocycles. The number of hydrogen-bond donors (Lipinski definition) is 1. The molecular formula is C18H16FN5O3. The molecule has 8 nitrogen and oxygen atoms in total. The zero-order valence-electron chi connectivity index (χ0n) is 14.4. The molecule has 1 heterocycles. The lowest BCUT2D eigenvalue weighted by atomic mass is 10.0. The van der Waals surface area contributed by atoms with E-state index in [1.807, 2.05) is 30.3 Å². The summed E-state index contributed by atoms with van der Waals surface area (Å²) in [6, 6.07) is 11.9. The Morgan fingerprint density at radius 2 is 2.00 bits per heavy atom. The van der Waals surface area contributed by atoms with Crippen molar-refractivity contribution >= 4 is 11.9 Å². The standard InChI is InChI=1S/C18H16FN5O3/c1-27-18(26)15(9-12-5-3-2-4-6-12)21-17(25)14-8-7-13(19)10-16(14)24-11-20-22-23-24/h2-8,10-11,15H,9H2,1H3,(H,21,25)/t15-/m0/s1. The third-order valence-corrected chi connectivity index (χ3v) is 3.87. The minimum atomic E-state index is -0.906. The SMILES string of the molecule is COC(=O)[C@H](Cc1ccccc1)NC(=O)c1ccc(F)cc1-n1cnnn1. The third kappa shape index (κ3) is 4.32. The van der Waals surface area contributed by atoms with Gasteiger partial charge in [0.1, 0.15) is 18.2 Å². The molecule has 0 aliphatic carbocycles. The predicted octanol–water partition coefficient (Wildman–Crippen LogP) is 1.32. The molecule has 0 spiro atoms. The summed E-state index contributed by atoms with van der Waals surface area (Å²) in [5.74, 6) is -1.71. The second kappa shape index (κ2) is 8.17. The van der Waals surface area contributed by atoms with Gasteiger partial charge in [0.15, 0.2) is 0 Å². The number of esters is 1. The van der Waals surface area contributed by atoms with Crippen LogP contribution in [0.3, 0.4) is 0 Å². The fraction of sp³-hybridized carbons (Fsp3) is 0.167. The number of tetrazole rings is 1. The van der Waals surface area contributed by atoms with Crippen LogP contribution in [0.25, 0.3) is 5.69 Å². The number of amides is 1. The van der Waals surface area contributed by atoms with Crippen LogP contribution in [0.2, 0.25) is 0 Å². The number of carbonyl (C=O) groups is 2. The highest BCUT2D eigenvalue weighted by atomic mass is 19.1. The second-order valence-corrected chi connectivity index (χ2v) is 5.65. The Morgan fingerprint density at radius 1 is 1.22 bits per heavy atom. The average molecular weight is 369 g/mol. The van der Waals surface area contributed by atoms with Crippen LogP contribution in [0.15, 0.2) is 54.9 Å². The lowest BCUT2D eigenvalue weighted by Gasteiger charge is -2.17. The van der Waals surface area contributed by atoms with E-state index < -0.39 is 23.7 Å². The molecule has 0 saturated heterocycles. The molecule has 1 amide bonds. The molecule has 0 unspecified atom stereocenters. The number of methoxy groups -OCH3 is 1. The summed E-state index contributed by atoms with van der Waals surface area (Å²) < 4.78 is 19.6. The number of hydrogen-bond acceptors (Lipinski definition) is 6. The van der Waals surface area contributed by atoms with Crippen molar-refractivity contribution in [3.05, 3.63) is 71.8 Å². The Hall–Kier alpha value is -3.62. The van der Waals surface area contributed by atoms with Crippen LogP contribution in [0.1, 0.15) is 15.9 Å². The van der Waals surface area contributed by atoms with Gasteiger partial charge in [0, 0.05) is 12.5 Å². The van der Waals surface area contributed by atoms with Crippen molar-refractivity contribution in [2.75, 3.05) is 7.11 Å². The van der Waals surface area contributed by atoms with Gasteiger partial charge in [-0.05, 0) is 28.1 Å². The second-order valence-electron chi connectivity index (χ2n) is 5.65. The maximum absolute atomic E-state index is 13.6. The number of nitrogens with one attached hydrogen (secondary N) is 1. The zero-order chi connectivity index (χ0) is 19.2. The summed E-state index contributed by atoms with van der Waals surface area (Å²) >= 11 is 0. The number of halogens is 1. The van der Waals surface area contributed by atoms with Gasteiger partial charge in [0.25, 0.3) is 5.91 Å². The first kappa shape index (κ1) is 18.2. The highest BCUT2D eigenvalue weighted by molar-refractivity contribution is 5.99. The number of benzene rings is 2. The molecule has 1 aromatic heterocycles. The van der Waals surface area contributed by atoms with Crippen molar-refractivity contribution in [2.24, 2.45) is 0 Å². The number of rotatable bonds is 6. The topological polar surface area (TPSA) is 99.0 Å². The van der Waals surface area contributed by atoms with Gasteiger partial charge in [-0.25, -0.2) is 9.18 Å². The Bertz CT molecular complexity index is 931. The Kier molecular flexibility index (Phi) is 5.50. The molecule has 3 aromatic rings. The van der Waals surface area contributed by atoms with E-state index in [1.54, 1.807) is 0 Å². The molecule has 0 radical (unpaired) electrons. The van der Waals surface area contributed by atoms with Gasteiger partial charge in [0.2, 0.25) is 0 Å². The van der Waals surface area contributed by atoms with Crippen LogP contribution in [-0.4, -0.2) is 45.2 Å². The molecule has 0 fully saturated rings. The van der Waals surface area contributed by atoms with Crippen LogP contribution in [0, 0.1) is 5.82 Å². The average Bonchev–Trinajstić information content (AvgIpc) is 3.22. The molecule has 0 bridgehead atoms. The van der Waals surface area contributed by atoms with E-state index in [4.69, 9.17) is 4.74 Å². The quantitative estimate of drug-likeness (QED) is 0.658. The fourth-order valence-electron chi connectivity index (χ4n) is 2.58. The molecular weight excluding hydrogens is 353 g/mol. The minimum absolute atomic E-state index is 0.116. The van der Waals surface area contributed by atoms with Gasteiger partial charge in [-0.15, -0.1) is 5.10 Å². The van der Waals surface area contributed by atoms with Gasteiger partial charge in [-0.1, -0.05) is 30.3 Å². The molecule has 3 rings (SSSR count). The Labute approximate surface area is 154 Å². The molecule has 1 N–H and O–H groups in total. The van der Waals surface area contributed by atoms with E-state index in [-0.39, 0.29) is 17.7 Å². The Balaban J connectivity index is 1.87. The number of ether oxygens (including phenoxy) is 1. The molecule has 0 aliphatic rings. The molecule has 9 heteroatoms. The fourth-order valence-corrected chi connectivity index (χ4v) is 2.58.